The van der Waals surface area contributed by atoms with Crippen molar-refractivity contribution >= 4 is 17.5 Å². The fraction of sp³-hybridized carbons (Fsp3) is 0.286. The summed E-state index contributed by atoms with van der Waals surface area (Å²) < 4.78 is 11.1. The molecule has 7 heteroatoms. The van der Waals surface area contributed by atoms with Gasteiger partial charge in [0.05, 0.1) is 0 Å². The number of likely N-dealkylation sites (tertiary alicyclic amines) is 1. The first kappa shape index (κ1) is 18.5. The summed E-state index contributed by atoms with van der Waals surface area (Å²) in [6.45, 7) is 0.638. The van der Waals surface area contributed by atoms with Crippen molar-refractivity contribution in [2.24, 2.45) is 0 Å². The number of nitrogens with zero attached hydrogens (tertiary/aromatic N) is 3. The van der Waals surface area contributed by atoms with E-state index in [1.165, 1.54) is 0 Å². The van der Waals surface area contributed by atoms with Crippen LogP contribution in [0.5, 0.6) is 5.75 Å². The third-order valence-electron chi connectivity index (χ3n) is 4.76. The van der Waals surface area contributed by atoms with Gasteiger partial charge in [-0.05, 0) is 55.7 Å². The molecule has 1 atom stereocenters. The molecule has 1 aliphatic rings. The second-order valence-corrected chi connectivity index (χ2v) is 7.10. The Hall–Kier alpha value is -2.86. The van der Waals surface area contributed by atoms with Crippen molar-refractivity contribution in [3.63, 3.8) is 0 Å². The molecule has 0 spiro atoms. The molecular formula is C21H20ClN3O3. The highest BCUT2D eigenvalue weighted by Gasteiger charge is 2.32. The lowest BCUT2D eigenvalue weighted by molar-refractivity contribution is -0.138. The largest absolute Gasteiger partial charge is 0.484 e. The average molecular weight is 398 g/mol. The quantitative estimate of drug-likeness (QED) is 0.633. The van der Waals surface area contributed by atoms with Crippen LogP contribution in [0.3, 0.4) is 0 Å². The second kappa shape index (κ2) is 8.44. The summed E-state index contributed by atoms with van der Waals surface area (Å²) in [7, 11) is 0. The lowest BCUT2D eigenvalue weighted by Crippen LogP contribution is -2.41. The van der Waals surface area contributed by atoms with Gasteiger partial charge in [-0.15, -0.1) is 0 Å². The monoisotopic (exact) mass is 397 g/mol. The normalized spacial score (nSPS) is 16.8. The van der Waals surface area contributed by atoms with Gasteiger partial charge in [-0.3, -0.25) is 4.79 Å². The van der Waals surface area contributed by atoms with Crippen LogP contribution in [0, 0.1) is 0 Å². The molecule has 2 heterocycles. The molecule has 0 N–H and O–H groups in total. The molecule has 0 bridgehead atoms. The first-order chi connectivity index (χ1) is 13.7. The van der Waals surface area contributed by atoms with Gasteiger partial charge >= 0.3 is 0 Å². The molecule has 1 aromatic heterocycles. The molecular weight excluding hydrogens is 378 g/mol. The van der Waals surface area contributed by atoms with Crippen LogP contribution in [0.1, 0.15) is 31.2 Å². The number of carbonyl (C=O) groups excluding carboxylic acids is 1. The summed E-state index contributed by atoms with van der Waals surface area (Å²) in [5.74, 6) is 1.54. The van der Waals surface area contributed by atoms with Crippen molar-refractivity contribution in [2.45, 2.75) is 25.3 Å². The molecule has 6 nitrogen and oxygen atoms in total. The molecule has 0 aliphatic carbocycles. The first-order valence-electron chi connectivity index (χ1n) is 9.27. The van der Waals surface area contributed by atoms with Crippen LogP contribution in [0.4, 0.5) is 0 Å². The molecule has 4 rings (SSSR count). The second-order valence-electron chi connectivity index (χ2n) is 6.66. The van der Waals surface area contributed by atoms with Gasteiger partial charge in [0.25, 0.3) is 5.91 Å². The molecule has 0 unspecified atom stereocenters. The number of benzene rings is 2. The third-order valence-corrected chi connectivity index (χ3v) is 5.01. The lowest BCUT2D eigenvalue weighted by Gasteiger charge is -2.33. The number of halogens is 1. The Morgan fingerprint density at radius 3 is 2.71 bits per heavy atom. The molecule has 1 saturated heterocycles. The van der Waals surface area contributed by atoms with Gasteiger partial charge in [-0.1, -0.05) is 35.0 Å². The number of hydrogen-bond donors (Lipinski definition) is 0. The van der Waals surface area contributed by atoms with Crippen LogP contribution >= 0.6 is 11.6 Å². The molecule has 0 radical (unpaired) electrons. The van der Waals surface area contributed by atoms with Gasteiger partial charge in [0.1, 0.15) is 11.8 Å². The molecule has 3 aromatic rings. The smallest absolute Gasteiger partial charge is 0.261 e. The number of carbonyl (C=O) groups is 1. The highest BCUT2D eigenvalue weighted by Crippen LogP contribution is 2.31. The van der Waals surface area contributed by atoms with Gasteiger partial charge in [-0.25, -0.2) is 0 Å². The Morgan fingerprint density at radius 1 is 1.14 bits per heavy atom. The standard InChI is InChI=1S/C21H20ClN3O3/c22-16-11-9-15(10-12-16)20-23-21(28-24-20)18-8-4-5-13-25(18)19(26)14-27-17-6-2-1-3-7-17/h1-3,6-7,9-12,18H,4-5,8,13-14H2/t18-/m1/s1. The highest BCUT2D eigenvalue weighted by molar-refractivity contribution is 6.30. The fourth-order valence-electron chi connectivity index (χ4n) is 3.32. The van der Waals surface area contributed by atoms with Crippen molar-refractivity contribution in [2.75, 3.05) is 13.2 Å². The fourth-order valence-corrected chi connectivity index (χ4v) is 3.44. The summed E-state index contributed by atoms with van der Waals surface area (Å²) in [5, 5.41) is 4.73. The Kier molecular flexibility index (Phi) is 5.58. The number of ether oxygens (including phenoxy) is 1. The zero-order valence-electron chi connectivity index (χ0n) is 15.3. The molecule has 1 fully saturated rings. The predicted molar refractivity (Wildman–Crippen MR) is 105 cm³/mol. The van der Waals surface area contributed by atoms with Gasteiger partial charge in [0.2, 0.25) is 11.7 Å². The minimum Gasteiger partial charge on any atom is -0.484 e. The van der Waals surface area contributed by atoms with Crippen molar-refractivity contribution in [3.8, 4) is 17.1 Å². The minimum atomic E-state index is -0.228. The highest BCUT2D eigenvalue weighted by atomic mass is 35.5. The number of amides is 1. The van der Waals surface area contributed by atoms with E-state index in [0.717, 1.165) is 24.8 Å². The van der Waals surface area contributed by atoms with E-state index in [9.17, 15) is 4.79 Å². The summed E-state index contributed by atoms with van der Waals surface area (Å²) in [6.07, 6.45) is 2.75. The van der Waals surface area contributed by atoms with E-state index >= 15 is 0 Å². The molecule has 28 heavy (non-hydrogen) atoms. The number of para-hydroxylation sites is 1. The van der Waals surface area contributed by atoms with E-state index in [1.54, 1.807) is 17.0 Å². The van der Waals surface area contributed by atoms with Crippen molar-refractivity contribution in [1.82, 2.24) is 15.0 Å². The van der Waals surface area contributed by atoms with Crippen LogP contribution in [0.2, 0.25) is 5.02 Å². The van der Waals surface area contributed by atoms with Crippen molar-refractivity contribution in [1.29, 1.82) is 0 Å². The van der Waals surface area contributed by atoms with E-state index < -0.39 is 0 Å². The molecule has 0 saturated carbocycles. The Morgan fingerprint density at radius 2 is 1.93 bits per heavy atom. The van der Waals surface area contributed by atoms with E-state index in [2.05, 4.69) is 10.1 Å². The van der Waals surface area contributed by atoms with Crippen molar-refractivity contribution in [3.05, 3.63) is 65.5 Å². The first-order valence-corrected chi connectivity index (χ1v) is 9.65. The third kappa shape index (κ3) is 4.17. The van der Waals surface area contributed by atoms with Gasteiger partial charge < -0.3 is 14.2 Å². The van der Waals surface area contributed by atoms with Crippen molar-refractivity contribution < 1.29 is 14.1 Å². The van der Waals surface area contributed by atoms with Gasteiger partial charge in [0.15, 0.2) is 6.61 Å². The minimum absolute atomic E-state index is 0.0152. The van der Waals surface area contributed by atoms with Crippen LogP contribution in [-0.4, -0.2) is 34.1 Å². The van der Waals surface area contributed by atoms with Gasteiger partial charge in [-0.2, -0.15) is 4.98 Å². The number of hydrogen-bond acceptors (Lipinski definition) is 5. The Balaban J connectivity index is 1.47. The molecule has 144 valence electrons. The zero-order chi connectivity index (χ0) is 19.3. The predicted octanol–water partition coefficient (Wildman–Crippen LogP) is 4.52. The maximum Gasteiger partial charge on any atom is 0.261 e. The molecule has 1 amide bonds. The summed E-state index contributed by atoms with van der Waals surface area (Å²) in [4.78, 5) is 19.1. The van der Waals surface area contributed by atoms with Crippen LogP contribution in [-0.2, 0) is 4.79 Å². The van der Waals surface area contributed by atoms with Crippen LogP contribution < -0.4 is 4.74 Å². The summed E-state index contributed by atoms with van der Waals surface area (Å²) in [6, 6.07) is 16.3. The molecule has 2 aromatic carbocycles. The number of rotatable bonds is 5. The van der Waals surface area contributed by atoms with E-state index in [1.807, 2.05) is 42.5 Å². The van der Waals surface area contributed by atoms with E-state index in [0.29, 0.717) is 29.0 Å². The number of piperidine rings is 1. The zero-order valence-corrected chi connectivity index (χ0v) is 16.0. The van der Waals surface area contributed by atoms with Crippen LogP contribution in [0.15, 0.2) is 59.1 Å². The average Bonchev–Trinajstić information content (AvgIpc) is 3.23. The van der Waals surface area contributed by atoms with E-state index in [4.69, 9.17) is 20.9 Å². The lowest BCUT2D eigenvalue weighted by atomic mass is 10.0. The van der Waals surface area contributed by atoms with Gasteiger partial charge in [0, 0.05) is 17.1 Å². The summed E-state index contributed by atoms with van der Waals surface area (Å²) >= 11 is 5.93. The maximum atomic E-state index is 12.8. The molecule has 1 aliphatic heterocycles. The Bertz CT molecular complexity index is 928. The van der Waals surface area contributed by atoms with Crippen LogP contribution in [0.25, 0.3) is 11.4 Å². The maximum absolute atomic E-state index is 12.8. The summed E-state index contributed by atoms with van der Waals surface area (Å²) in [5.41, 5.74) is 0.820. The number of aromatic nitrogens is 2. The Labute approximate surface area is 168 Å². The topological polar surface area (TPSA) is 68.5 Å². The van der Waals surface area contributed by atoms with E-state index in [-0.39, 0.29) is 18.6 Å². The SMILES string of the molecule is O=C(COc1ccccc1)N1CCCC[C@@H]1c1nc(-c2ccc(Cl)cc2)no1.